The largest absolute Gasteiger partial charge is 0.291 e. The van der Waals surface area contributed by atoms with E-state index in [-0.39, 0.29) is 5.78 Å². The van der Waals surface area contributed by atoms with Crippen LogP contribution in [0.15, 0.2) is 22.7 Å². The molecule has 0 aliphatic rings. The van der Waals surface area contributed by atoms with Gasteiger partial charge in [-0.3, -0.25) is 4.79 Å². The maximum absolute atomic E-state index is 11.9. The van der Waals surface area contributed by atoms with E-state index in [1.54, 1.807) is 6.07 Å². The summed E-state index contributed by atoms with van der Waals surface area (Å²) in [4.78, 5) is 11.9. The Kier molecular flexibility index (Phi) is 4.38. The van der Waals surface area contributed by atoms with Gasteiger partial charge in [0.05, 0.1) is 0 Å². The maximum atomic E-state index is 11.9. The van der Waals surface area contributed by atoms with E-state index in [9.17, 15) is 4.79 Å². The Balaban J connectivity index is 3.19. The average Bonchev–Trinajstić information content (AvgIpc) is 2.06. The molecule has 0 radical (unpaired) electrons. The lowest BCUT2D eigenvalue weighted by Crippen LogP contribution is -2.18. The first kappa shape index (κ1) is 12.9. The van der Waals surface area contributed by atoms with Crippen molar-refractivity contribution in [1.29, 1.82) is 0 Å². The SMILES string of the molecule is Cc1ccc(Br)cc1C(=O)C(Br)(Br)Br. The number of hydrogen-bond donors (Lipinski definition) is 0. The fraction of sp³-hybridized carbons (Fsp3) is 0.222. The van der Waals surface area contributed by atoms with Crippen molar-refractivity contribution in [3.05, 3.63) is 33.8 Å². The standard InChI is InChI=1S/C9H6Br4O/c1-5-2-3-6(10)4-7(5)8(14)9(11,12)13/h2-4H,1H3. The highest BCUT2D eigenvalue weighted by atomic mass is 80.0. The molecule has 1 rings (SSSR count). The molecule has 1 nitrogen and oxygen atoms in total. The van der Waals surface area contributed by atoms with Crippen LogP contribution in [0, 0.1) is 6.92 Å². The second-order valence-corrected chi connectivity index (χ2v) is 10.5. The number of carbonyl (C=O) groups excluding carboxylic acids is 1. The molecule has 0 N–H and O–H groups in total. The van der Waals surface area contributed by atoms with E-state index >= 15 is 0 Å². The van der Waals surface area contributed by atoms with Crippen molar-refractivity contribution in [3.63, 3.8) is 0 Å². The Morgan fingerprint density at radius 3 is 2.36 bits per heavy atom. The van der Waals surface area contributed by atoms with Crippen LogP contribution in [0.1, 0.15) is 15.9 Å². The second kappa shape index (κ2) is 4.76. The Hall–Kier alpha value is 0.810. The van der Waals surface area contributed by atoms with Gasteiger partial charge in [-0.05, 0) is 24.6 Å². The quantitative estimate of drug-likeness (QED) is 0.445. The lowest BCUT2D eigenvalue weighted by atomic mass is 10.1. The zero-order valence-corrected chi connectivity index (χ0v) is 13.5. The fourth-order valence-electron chi connectivity index (χ4n) is 0.992. The van der Waals surface area contributed by atoms with Gasteiger partial charge in [-0.15, -0.1) is 0 Å². The predicted molar refractivity (Wildman–Crippen MR) is 72.7 cm³/mol. The van der Waals surface area contributed by atoms with E-state index in [2.05, 4.69) is 63.7 Å². The topological polar surface area (TPSA) is 17.1 Å². The van der Waals surface area contributed by atoms with Crippen LogP contribution < -0.4 is 0 Å². The summed E-state index contributed by atoms with van der Waals surface area (Å²) in [6.07, 6.45) is 0. The van der Waals surface area contributed by atoms with E-state index in [0.717, 1.165) is 10.0 Å². The van der Waals surface area contributed by atoms with Crippen LogP contribution in [0.3, 0.4) is 0 Å². The van der Waals surface area contributed by atoms with Gasteiger partial charge < -0.3 is 0 Å². The van der Waals surface area contributed by atoms with Gasteiger partial charge in [-0.1, -0.05) is 69.8 Å². The van der Waals surface area contributed by atoms with E-state index in [1.165, 1.54) is 0 Å². The molecule has 0 heterocycles. The molecule has 0 aromatic heterocycles. The first-order valence-electron chi connectivity index (χ1n) is 3.70. The van der Waals surface area contributed by atoms with Gasteiger partial charge in [-0.25, -0.2) is 0 Å². The molecule has 0 aliphatic heterocycles. The second-order valence-electron chi connectivity index (χ2n) is 2.79. The van der Waals surface area contributed by atoms with Gasteiger partial charge in [-0.2, -0.15) is 0 Å². The normalized spacial score (nSPS) is 11.5. The molecular formula is C9H6Br4O. The number of aryl methyl sites for hydroxylation is 1. The number of rotatable bonds is 1. The van der Waals surface area contributed by atoms with Crippen LogP contribution in [0.25, 0.3) is 0 Å². The molecule has 0 spiro atoms. The molecule has 0 amide bonds. The number of benzene rings is 1. The Morgan fingerprint density at radius 2 is 1.86 bits per heavy atom. The third kappa shape index (κ3) is 3.15. The van der Waals surface area contributed by atoms with Crippen LogP contribution in [0.2, 0.25) is 0 Å². The molecule has 1 aromatic carbocycles. The van der Waals surface area contributed by atoms with E-state index < -0.39 is 2.14 Å². The van der Waals surface area contributed by atoms with Crippen LogP contribution >= 0.6 is 63.7 Å². The van der Waals surface area contributed by atoms with Crippen LogP contribution in [-0.2, 0) is 0 Å². The Bertz CT molecular complexity index is 368. The molecule has 0 saturated heterocycles. The minimum absolute atomic E-state index is 0.0590. The minimum Gasteiger partial charge on any atom is -0.291 e. The van der Waals surface area contributed by atoms with E-state index in [0.29, 0.717) is 5.56 Å². The van der Waals surface area contributed by atoms with Crippen molar-refractivity contribution in [2.24, 2.45) is 0 Å². The van der Waals surface area contributed by atoms with Crippen molar-refractivity contribution in [3.8, 4) is 0 Å². The highest BCUT2D eigenvalue weighted by molar-refractivity contribution is 9.40. The van der Waals surface area contributed by atoms with Crippen LogP contribution in [0.5, 0.6) is 0 Å². The first-order chi connectivity index (χ1) is 6.32. The number of Topliss-reactive ketones (excluding diaryl/α,β-unsaturated/α-hetero) is 1. The summed E-state index contributed by atoms with van der Waals surface area (Å²) >= 11 is 13.0. The minimum atomic E-state index is -0.876. The molecule has 5 heteroatoms. The smallest absolute Gasteiger partial charge is 0.201 e. The highest BCUT2D eigenvalue weighted by Gasteiger charge is 2.30. The predicted octanol–water partition coefficient (Wildman–Crippen LogP) is 4.78. The third-order valence-electron chi connectivity index (χ3n) is 1.70. The lowest BCUT2D eigenvalue weighted by Gasteiger charge is -2.12. The number of halogens is 4. The molecular weight excluding hydrogens is 444 g/mol. The summed E-state index contributed by atoms with van der Waals surface area (Å²) in [5.41, 5.74) is 1.62. The molecule has 0 unspecified atom stereocenters. The van der Waals surface area contributed by atoms with Gasteiger partial charge in [0.2, 0.25) is 5.78 Å². The first-order valence-corrected chi connectivity index (χ1v) is 6.87. The molecule has 0 atom stereocenters. The van der Waals surface area contributed by atoms with Gasteiger partial charge in [0, 0.05) is 10.0 Å². The number of ketones is 1. The highest BCUT2D eigenvalue weighted by Crippen LogP contribution is 2.37. The van der Waals surface area contributed by atoms with E-state index in [4.69, 9.17) is 0 Å². The zero-order valence-electron chi connectivity index (χ0n) is 7.15. The van der Waals surface area contributed by atoms with Gasteiger partial charge in [0.1, 0.15) is 0 Å². The van der Waals surface area contributed by atoms with Crippen molar-refractivity contribution >= 4 is 69.5 Å². The van der Waals surface area contributed by atoms with E-state index in [1.807, 2.05) is 19.1 Å². The molecule has 0 fully saturated rings. The molecule has 14 heavy (non-hydrogen) atoms. The monoisotopic (exact) mass is 446 g/mol. The van der Waals surface area contributed by atoms with Crippen molar-refractivity contribution in [2.45, 2.75) is 9.07 Å². The summed E-state index contributed by atoms with van der Waals surface area (Å²) in [5, 5.41) is 0. The van der Waals surface area contributed by atoms with Crippen molar-refractivity contribution in [2.75, 3.05) is 0 Å². The zero-order chi connectivity index (χ0) is 10.9. The third-order valence-corrected chi connectivity index (χ3v) is 3.28. The molecule has 0 aliphatic carbocycles. The maximum Gasteiger partial charge on any atom is 0.201 e. The number of alkyl halides is 3. The Labute approximate surface area is 116 Å². The molecule has 1 aromatic rings. The number of carbonyl (C=O) groups is 1. The molecule has 76 valence electrons. The van der Waals surface area contributed by atoms with Gasteiger partial charge in [0.15, 0.2) is 2.14 Å². The Morgan fingerprint density at radius 1 is 1.29 bits per heavy atom. The summed E-state index contributed by atoms with van der Waals surface area (Å²) in [7, 11) is 0. The molecule has 0 saturated carbocycles. The summed E-state index contributed by atoms with van der Waals surface area (Å²) in [6.45, 7) is 1.90. The summed E-state index contributed by atoms with van der Waals surface area (Å²) < 4.78 is 0.0154. The summed E-state index contributed by atoms with van der Waals surface area (Å²) in [5.74, 6) is -0.0590. The van der Waals surface area contributed by atoms with Crippen molar-refractivity contribution < 1.29 is 4.79 Å². The summed E-state index contributed by atoms with van der Waals surface area (Å²) in [6, 6.07) is 5.61. The molecule has 0 bridgehead atoms. The van der Waals surface area contributed by atoms with Crippen LogP contribution in [-0.4, -0.2) is 7.93 Å². The lowest BCUT2D eigenvalue weighted by molar-refractivity contribution is 0.101. The van der Waals surface area contributed by atoms with Gasteiger partial charge >= 0.3 is 0 Å². The van der Waals surface area contributed by atoms with Crippen LogP contribution in [0.4, 0.5) is 0 Å². The van der Waals surface area contributed by atoms with Gasteiger partial charge in [0.25, 0.3) is 0 Å². The fourth-order valence-corrected chi connectivity index (χ4v) is 1.99. The van der Waals surface area contributed by atoms with Crippen molar-refractivity contribution in [1.82, 2.24) is 0 Å². The average molecular weight is 450 g/mol. The number of hydrogen-bond acceptors (Lipinski definition) is 1.